The number of carboxylic acid groups (broad SMARTS) is 1. The van der Waals surface area contributed by atoms with Gasteiger partial charge in [-0.1, -0.05) is 12.1 Å². The number of rotatable bonds is 2. The van der Waals surface area contributed by atoms with Crippen LogP contribution in [0.15, 0.2) is 39.5 Å². The maximum absolute atomic E-state index is 12.4. The maximum atomic E-state index is 12.4. The maximum Gasteiger partial charge on any atom is 0.326 e. The van der Waals surface area contributed by atoms with Gasteiger partial charge in [-0.3, -0.25) is 9.59 Å². The minimum Gasteiger partial charge on any atom is -0.480 e. The highest BCUT2D eigenvalue weighted by atomic mass is 16.4. The molecule has 2 heterocycles. The molecule has 1 atom stereocenters. The van der Waals surface area contributed by atoms with Crippen molar-refractivity contribution in [3.63, 3.8) is 0 Å². The zero-order valence-electron chi connectivity index (χ0n) is 11.1. The summed E-state index contributed by atoms with van der Waals surface area (Å²) in [5, 5.41) is 9.51. The van der Waals surface area contributed by atoms with Crippen LogP contribution in [0.4, 0.5) is 0 Å². The van der Waals surface area contributed by atoms with Crippen LogP contribution in [-0.2, 0) is 4.79 Å². The van der Waals surface area contributed by atoms with Crippen LogP contribution in [0.25, 0.3) is 11.0 Å². The van der Waals surface area contributed by atoms with Crippen molar-refractivity contribution in [1.82, 2.24) is 4.90 Å². The van der Waals surface area contributed by atoms with Crippen molar-refractivity contribution in [2.75, 3.05) is 6.54 Å². The van der Waals surface area contributed by atoms with Crippen molar-refractivity contribution in [1.29, 1.82) is 0 Å². The van der Waals surface area contributed by atoms with Gasteiger partial charge < -0.3 is 14.4 Å². The van der Waals surface area contributed by atoms with Crippen LogP contribution < -0.4 is 5.43 Å². The second-order valence-corrected chi connectivity index (χ2v) is 4.97. The Labute approximate surface area is 119 Å². The third kappa shape index (κ3) is 2.29. The Bertz CT molecular complexity index is 779. The van der Waals surface area contributed by atoms with Crippen LogP contribution in [-0.4, -0.2) is 34.5 Å². The van der Waals surface area contributed by atoms with E-state index in [2.05, 4.69) is 0 Å². The van der Waals surface area contributed by atoms with Crippen LogP contribution in [0.5, 0.6) is 0 Å². The lowest BCUT2D eigenvalue weighted by Crippen LogP contribution is -2.40. The highest BCUT2D eigenvalue weighted by Gasteiger charge is 2.35. The largest absolute Gasteiger partial charge is 0.480 e. The molecule has 108 valence electrons. The number of benzene rings is 1. The summed E-state index contributed by atoms with van der Waals surface area (Å²) in [6.07, 6.45) is 1.04. The lowest BCUT2D eigenvalue weighted by Gasteiger charge is -2.20. The average Bonchev–Trinajstić information content (AvgIpc) is 2.96. The fourth-order valence-electron chi connectivity index (χ4n) is 2.62. The molecule has 2 aromatic rings. The quantitative estimate of drug-likeness (QED) is 0.904. The minimum absolute atomic E-state index is 0.119. The second kappa shape index (κ2) is 5.05. The molecule has 0 unspecified atom stereocenters. The van der Waals surface area contributed by atoms with Crippen LogP contribution in [0.2, 0.25) is 0 Å². The molecule has 0 radical (unpaired) electrons. The Morgan fingerprint density at radius 1 is 1.29 bits per heavy atom. The monoisotopic (exact) mass is 287 g/mol. The summed E-state index contributed by atoms with van der Waals surface area (Å²) in [5.41, 5.74) is 0.00527. The molecular formula is C15H13NO5. The average molecular weight is 287 g/mol. The van der Waals surface area contributed by atoms with E-state index in [4.69, 9.17) is 9.52 Å². The number of fused-ring (bicyclic) bond motifs is 1. The molecule has 1 N–H and O–H groups in total. The van der Waals surface area contributed by atoms with E-state index in [-0.39, 0.29) is 11.2 Å². The topological polar surface area (TPSA) is 87.8 Å². The SMILES string of the molecule is O=C(O)[C@@H]1CCCN1C(=O)c1cc(=O)c2ccccc2o1. The van der Waals surface area contributed by atoms with Gasteiger partial charge in [0.25, 0.3) is 5.91 Å². The fraction of sp³-hybridized carbons (Fsp3) is 0.267. The molecule has 1 aromatic carbocycles. The van der Waals surface area contributed by atoms with E-state index in [1.54, 1.807) is 24.3 Å². The summed E-state index contributed by atoms with van der Waals surface area (Å²) < 4.78 is 5.46. The molecule has 0 spiro atoms. The van der Waals surface area contributed by atoms with Crippen molar-refractivity contribution in [3.8, 4) is 0 Å². The van der Waals surface area contributed by atoms with Gasteiger partial charge in [-0.15, -0.1) is 0 Å². The summed E-state index contributed by atoms with van der Waals surface area (Å²) in [4.78, 5) is 36.8. The van der Waals surface area contributed by atoms with E-state index in [1.807, 2.05) is 0 Å². The van der Waals surface area contributed by atoms with E-state index in [9.17, 15) is 14.4 Å². The van der Waals surface area contributed by atoms with Gasteiger partial charge in [-0.2, -0.15) is 0 Å². The summed E-state index contributed by atoms with van der Waals surface area (Å²) in [7, 11) is 0. The van der Waals surface area contributed by atoms with Crippen molar-refractivity contribution in [3.05, 3.63) is 46.3 Å². The Morgan fingerprint density at radius 2 is 2.05 bits per heavy atom. The van der Waals surface area contributed by atoms with E-state index in [0.29, 0.717) is 30.4 Å². The summed E-state index contributed by atoms with van der Waals surface area (Å²) in [6.45, 7) is 0.354. The number of aliphatic carboxylic acids is 1. The molecule has 0 bridgehead atoms. The molecule has 1 aliphatic rings. The number of carboxylic acids is 1. The van der Waals surface area contributed by atoms with Crippen molar-refractivity contribution in [2.45, 2.75) is 18.9 Å². The number of amides is 1. The highest BCUT2D eigenvalue weighted by molar-refractivity contribution is 5.95. The highest BCUT2D eigenvalue weighted by Crippen LogP contribution is 2.21. The molecule has 21 heavy (non-hydrogen) atoms. The molecule has 6 nitrogen and oxygen atoms in total. The van der Waals surface area contributed by atoms with E-state index in [0.717, 1.165) is 6.07 Å². The van der Waals surface area contributed by atoms with Gasteiger partial charge >= 0.3 is 5.97 Å². The molecule has 1 amide bonds. The number of hydrogen-bond acceptors (Lipinski definition) is 4. The van der Waals surface area contributed by atoms with E-state index in [1.165, 1.54) is 4.90 Å². The van der Waals surface area contributed by atoms with Gasteiger partial charge in [-0.05, 0) is 25.0 Å². The minimum atomic E-state index is -1.04. The van der Waals surface area contributed by atoms with Crippen LogP contribution in [0, 0.1) is 0 Å². The van der Waals surface area contributed by atoms with Gasteiger partial charge in [-0.25, -0.2) is 4.79 Å². The Hall–Kier alpha value is -2.63. The standard InChI is InChI=1S/C15H13NO5/c17-11-8-13(21-12-6-2-1-4-9(11)12)14(18)16-7-3-5-10(16)15(19)20/h1-2,4,6,8,10H,3,5,7H2,(H,19,20)/t10-/m0/s1. The number of carbonyl (C=O) groups excluding carboxylic acids is 1. The molecule has 1 fully saturated rings. The molecule has 6 heteroatoms. The smallest absolute Gasteiger partial charge is 0.326 e. The van der Waals surface area contributed by atoms with E-state index >= 15 is 0 Å². The van der Waals surface area contributed by atoms with Gasteiger partial charge in [0, 0.05) is 12.6 Å². The van der Waals surface area contributed by atoms with Gasteiger partial charge in [0.1, 0.15) is 11.6 Å². The first-order chi connectivity index (χ1) is 10.1. The first kappa shape index (κ1) is 13.4. The molecule has 1 saturated heterocycles. The normalized spacial score (nSPS) is 18.1. The van der Waals surface area contributed by atoms with Crippen LogP contribution >= 0.6 is 0 Å². The van der Waals surface area contributed by atoms with Crippen molar-refractivity contribution >= 4 is 22.8 Å². The number of likely N-dealkylation sites (tertiary alicyclic amines) is 1. The Kier molecular flexibility index (Phi) is 3.21. The Morgan fingerprint density at radius 3 is 2.81 bits per heavy atom. The van der Waals surface area contributed by atoms with Crippen molar-refractivity contribution in [2.24, 2.45) is 0 Å². The lowest BCUT2D eigenvalue weighted by molar-refractivity contribution is -0.141. The van der Waals surface area contributed by atoms with Gasteiger partial charge in [0.15, 0.2) is 11.2 Å². The van der Waals surface area contributed by atoms with Gasteiger partial charge in [0.05, 0.1) is 5.39 Å². The van der Waals surface area contributed by atoms with Gasteiger partial charge in [0.2, 0.25) is 0 Å². The van der Waals surface area contributed by atoms with Crippen LogP contribution in [0.3, 0.4) is 0 Å². The summed E-state index contributed by atoms with van der Waals surface area (Å²) >= 11 is 0. The first-order valence-electron chi connectivity index (χ1n) is 6.64. The number of carbonyl (C=O) groups is 2. The molecule has 1 aromatic heterocycles. The number of nitrogens with zero attached hydrogens (tertiary/aromatic N) is 1. The third-order valence-corrected chi connectivity index (χ3v) is 3.64. The predicted molar refractivity (Wildman–Crippen MR) is 74.2 cm³/mol. The zero-order valence-corrected chi connectivity index (χ0v) is 11.1. The predicted octanol–water partition coefficient (Wildman–Crippen LogP) is 1.48. The number of hydrogen-bond donors (Lipinski definition) is 1. The summed E-state index contributed by atoms with van der Waals surface area (Å²) in [6, 6.07) is 6.91. The molecular weight excluding hydrogens is 274 g/mol. The molecule has 0 saturated carbocycles. The lowest BCUT2D eigenvalue weighted by atomic mass is 10.2. The van der Waals surface area contributed by atoms with E-state index < -0.39 is 17.9 Å². The number of para-hydroxylation sites is 1. The third-order valence-electron chi connectivity index (χ3n) is 3.64. The second-order valence-electron chi connectivity index (χ2n) is 4.97. The molecule has 3 rings (SSSR count). The van der Waals surface area contributed by atoms with Crippen molar-refractivity contribution < 1.29 is 19.1 Å². The van der Waals surface area contributed by atoms with Crippen LogP contribution in [0.1, 0.15) is 23.4 Å². The first-order valence-corrected chi connectivity index (χ1v) is 6.64. The molecule has 1 aliphatic heterocycles. The molecule has 0 aliphatic carbocycles. The zero-order chi connectivity index (χ0) is 15.0. The summed E-state index contributed by atoms with van der Waals surface area (Å²) in [5.74, 6) is -1.71. The Balaban J connectivity index is 2.02. The fourth-order valence-corrected chi connectivity index (χ4v) is 2.62.